The van der Waals surface area contributed by atoms with Gasteiger partial charge in [0.1, 0.15) is 5.82 Å². The third-order valence-electron chi connectivity index (χ3n) is 4.23. The molecule has 6 nitrogen and oxygen atoms in total. The number of amides is 1. The van der Waals surface area contributed by atoms with Crippen molar-refractivity contribution in [3.63, 3.8) is 0 Å². The minimum Gasteiger partial charge on any atom is -0.340 e. The van der Waals surface area contributed by atoms with Crippen LogP contribution in [0.15, 0.2) is 28.8 Å². The Hall–Kier alpha value is -2.28. The SMILES string of the molecule is CC(C)(C)C(=O)N1CCN(Cc2noc(-c3ccc(F)cc3)n2)CC1. The van der Waals surface area contributed by atoms with E-state index in [1.54, 1.807) is 12.1 Å². The number of carbonyl (C=O) groups is 1. The molecule has 0 spiro atoms. The summed E-state index contributed by atoms with van der Waals surface area (Å²) in [5.74, 6) is 0.864. The maximum absolute atomic E-state index is 13.0. The summed E-state index contributed by atoms with van der Waals surface area (Å²) in [5.41, 5.74) is 0.348. The van der Waals surface area contributed by atoms with Crippen molar-refractivity contribution in [3.05, 3.63) is 35.9 Å². The lowest BCUT2D eigenvalue weighted by atomic mass is 9.94. The van der Waals surface area contributed by atoms with Gasteiger partial charge in [-0.1, -0.05) is 25.9 Å². The predicted octanol–water partition coefficient (Wildman–Crippen LogP) is 2.57. The Balaban J connectivity index is 1.56. The summed E-state index contributed by atoms with van der Waals surface area (Å²) in [4.78, 5) is 20.8. The molecule has 0 atom stereocenters. The maximum Gasteiger partial charge on any atom is 0.257 e. The molecule has 1 aromatic carbocycles. The smallest absolute Gasteiger partial charge is 0.257 e. The lowest BCUT2D eigenvalue weighted by molar-refractivity contribution is -0.141. The maximum atomic E-state index is 13.0. The van der Waals surface area contributed by atoms with Crippen molar-refractivity contribution in [1.82, 2.24) is 19.9 Å². The summed E-state index contributed by atoms with van der Waals surface area (Å²) in [6, 6.07) is 5.96. The molecule has 1 aromatic heterocycles. The number of benzene rings is 1. The number of piperazine rings is 1. The van der Waals surface area contributed by atoms with Gasteiger partial charge in [-0.15, -0.1) is 0 Å². The van der Waals surface area contributed by atoms with Crippen molar-refractivity contribution in [1.29, 1.82) is 0 Å². The van der Waals surface area contributed by atoms with Gasteiger partial charge in [0, 0.05) is 37.2 Å². The van der Waals surface area contributed by atoms with Gasteiger partial charge in [0.2, 0.25) is 5.91 Å². The minimum atomic E-state index is -0.347. The van der Waals surface area contributed by atoms with Crippen molar-refractivity contribution < 1.29 is 13.7 Å². The highest BCUT2D eigenvalue weighted by molar-refractivity contribution is 5.81. The van der Waals surface area contributed by atoms with Crippen LogP contribution < -0.4 is 0 Å². The van der Waals surface area contributed by atoms with Gasteiger partial charge in [-0.2, -0.15) is 4.98 Å². The van der Waals surface area contributed by atoms with E-state index in [1.165, 1.54) is 12.1 Å². The standard InChI is InChI=1S/C18H23FN4O2/c1-18(2,3)17(24)23-10-8-22(9-11-23)12-15-20-16(25-21-15)13-4-6-14(19)7-5-13/h4-7H,8-12H2,1-3H3. The number of hydrogen-bond donors (Lipinski definition) is 0. The zero-order valence-corrected chi connectivity index (χ0v) is 14.8. The van der Waals surface area contributed by atoms with Crippen LogP contribution in [0.2, 0.25) is 0 Å². The molecule has 1 saturated heterocycles. The van der Waals surface area contributed by atoms with Gasteiger partial charge in [0.15, 0.2) is 5.82 Å². The first-order chi connectivity index (χ1) is 11.8. The van der Waals surface area contributed by atoms with Crippen LogP contribution in [0.3, 0.4) is 0 Å². The first-order valence-corrected chi connectivity index (χ1v) is 8.43. The van der Waals surface area contributed by atoms with E-state index in [1.807, 2.05) is 25.7 Å². The molecule has 2 heterocycles. The highest BCUT2D eigenvalue weighted by atomic mass is 19.1. The molecule has 2 aromatic rings. The predicted molar refractivity (Wildman–Crippen MR) is 91.0 cm³/mol. The van der Waals surface area contributed by atoms with Crippen LogP contribution in [0.4, 0.5) is 4.39 Å². The monoisotopic (exact) mass is 346 g/mol. The van der Waals surface area contributed by atoms with Gasteiger partial charge < -0.3 is 9.42 Å². The lowest BCUT2D eigenvalue weighted by Gasteiger charge is -2.37. The van der Waals surface area contributed by atoms with Crippen LogP contribution in [-0.4, -0.2) is 52.0 Å². The fourth-order valence-corrected chi connectivity index (χ4v) is 2.81. The van der Waals surface area contributed by atoms with E-state index in [0.29, 0.717) is 36.9 Å². The number of rotatable bonds is 3. The zero-order valence-electron chi connectivity index (χ0n) is 14.8. The normalized spacial score (nSPS) is 16.2. The van der Waals surface area contributed by atoms with E-state index < -0.39 is 0 Å². The summed E-state index contributed by atoms with van der Waals surface area (Å²) in [5, 5.41) is 4.00. The third kappa shape index (κ3) is 4.22. The number of aromatic nitrogens is 2. The van der Waals surface area contributed by atoms with Gasteiger partial charge in [-0.25, -0.2) is 4.39 Å². The van der Waals surface area contributed by atoms with E-state index in [4.69, 9.17) is 4.52 Å². The average molecular weight is 346 g/mol. The fourth-order valence-electron chi connectivity index (χ4n) is 2.81. The highest BCUT2D eigenvalue weighted by Gasteiger charge is 2.29. The molecule has 3 rings (SSSR count). The van der Waals surface area contributed by atoms with Gasteiger partial charge >= 0.3 is 0 Å². The van der Waals surface area contributed by atoms with Crippen LogP contribution >= 0.6 is 0 Å². The first kappa shape index (κ1) is 17.5. The van der Waals surface area contributed by atoms with Crippen LogP contribution in [0.25, 0.3) is 11.5 Å². The molecule has 25 heavy (non-hydrogen) atoms. The molecule has 134 valence electrons. The van der Waals surface area contributed by atoms with Crippen LogP contribution in [0, 0.1) is 11.2 Å². The number of carbonyl (C=O) groups excluding carboxylic acids is 1. The summed E-state index contributed by atoms with van der Waals surface area (Å²) in [7, 11) is 0. The van der Waals surface area contributed by atoms with Crippen molar-refractivity contribution in [2.45, 2.75) is 27.3 Å². The van der Waals surface area contributed by atoms with E-state index in [2.05, 4.69) is 15.0 Å². The minimum absolute atomic E-state index is 0.185. The topological polar surface area (TPSA) is 62.5 Å². The summed E-state index contributed by atoms with van der Waals surface area (Å²) < 4.78 is 18.2. The number of halogens is 1. The quantitative estimate of drug-likeness (QED) is 0.855. The molecule has 0 bridgehead atoms. The Labute approximate surface area is 146 Å². The van der Waals surface area contributed by atoms with E-state index in [-0.39, 0.29) is 17.1 Å². The Kier molecular flexibility index (Phi) is 4.85. The van der Waals surface area contributed by atoms with E-state index >= 15 is 0 Å². The average Bonchev–Trinajstić information content (AvgIpc) is 3.03. The van der Waals surface area contributed by atoms with E-state index in [9.17, 15) is 9.18 Å². The molecule has 1 aliphatic heterocycles. The molecule has 1 aliphatic rings. The van der Waals surface area contributed by atoms with Crippen molar-refractivity contribution in [3.8, 4) is 11.5 Å². The summed E-state index contributed by atoms with van der Waals surface area (Å²) >= 11 is 0. The zero-order chi connectivity index (χ0) is 18.0. The Morgan fingerprint density at radius 3 is 2.40 bits per heavy atom. The van der Waals surface area contributed by atoms with Crippen LogP contribution in [0.5, 0.6) is 0 Å². The molecule has 0 radical (unpaired) electrons. The second kappa shape index (κ2) is 6.92. The molecular weight excluding hydrogens is 323 g/mol. The van der Waals surface area contributed by atoms with Crippen LogP contribution in [-0.2, 0) is 11.3 Å². The third-order valence-corrected chi connectivity index (χ3v) is 4.23. The summed E-state index contributed by atoms with van der Waals surface area (Å²) in [6.45, 7) is 9.37. The van der Waals surface area contributed by atoms with Gasteiger partial charge in [0.05, 0.1) is 6.54 Å². The first-order valence-electron chi connectivity index (χ1n) is 8.43. The molecule has 7 heteroatoms. The Bertz CT molecular complexity index is 728. The molecule has 1 fully saturated rings. The second-order valence-electron chi connectivity index (χ2n) is 7.34. The lowest BCUT2D eigenvalue weighted by Crippen LogP contribution is -2.51. The van der Waals surface area contributed by atoms with Gasteiger partial charge in [-0.05, 0) is 24.3 Å². The second-order valence-corrected chi connectivity index (χ2v) is 7.34. The molecule has 0 unspecified atom stereocenters. The molecule has 1 amide bonds. The van der Waals surface area contributed by atoms with Crippen molar-refractivity contribution in [2.24, 2.45) is 5.41 Å². The van der Waals surface area contributed by atoms with Crippen molar-refractivity contribution >= 4 is 5.91 Å². The fraction of sp³-hybridized carbons (Fsp3) is 0.500. The molecule has 0 N–H and O–H groups in total. The van der Waals surface area contributed by atoms with Crippen LogP contribution in [0.1, 0.15) is 26.6 Å². The molecule has 0 saturated carbocycles. The Morgan fingerprint density at radius 1 is 1.16 bits per heavy atom. The van der Waals surface area contributed by atoms with Crippen molar-refractivity contribution in [2.75, 3.05) is 26.2 Å². The summed E-state index contributed by atoms with van der Waals surface area (Å²) in [6.07, 6.45) is 0. The number of nitrogens with zero attached hydrogens (tertiary/aromatic N) is 4. The molecule has 0 aliphatic carbocycles. The number of hydrogen-bond acceptors (Lipinski definition) is 5. The van der Waals surface area contributed by atoms with Gasteiger partial charge in [-0.3, -0.25) is 9.69 Å². The molecular formula is C18H23FN4O2. The highest BCUT2D eigenvalue weighted by Crippen LogP contribution is 2.20. The van der Waals surface area contributed by atoms with E-state index in [0.717, 1.165) is 13.1 Å². The Morgan fingerprint density at radius 2 is 1.80 bits per heavy atom. The largest absolute Gasteiger partial charge is 0.340 e. The van der Waals surface area contributed by atoms with Gasteiger partial charge in [0.25, 0.3) is 5.89 Å².